The minimum absolute atomic E-state index is 0.0353. The lowest BCUT2D eigenvalue weighted by molar-refractivity contribution is -0.757. The van der Waals surface area contributed by atoms with Gasteiger partial charge in [-0.15, -0.1) is 10.1 Å². The molecule has 1 N–H and O–H groups in total. The third kappa shape index (κ3) is 8.91. The van der Waals surface area contributed by atoms with Gasteiger partial charge in [0.15, 0.2) is 0 Å². The van der Waals surface area contributed by atoms with E-state index in [2.05, 4.69) is 10.2 Å². The van der Waals surface area contributed by atoms with Crippen LogP contribution in [-0.4, -0.2) is 71.8 Å². The highest BCUT2D eigenvalue weighted by atomic mass is 16.9. The molecule has 1 saturated carbocycles. The molecule has 1 aliphatic carbocycles. The maximum atomic E-state index is 13.8. The summed E-state index contributed by atoms with van der Waals surface area (Å²) < 4.78 is 10.8. The van der Waals surface area contributed by atoms with E-state index < -0.39 is 35.2 Å². The highest BCUT2D eigenvalue weighted by Gasteiger charge is 2.49. The summed E-state index contributed by atoms with van der Waals surface area (Å²) in [7, 11) is 0. The molecule has 11 nitrogen and oxygen atoms in total. The van der Waals surface area contributed by atoms with Crippen molar-refractivity contribution in [2.75, 3.05) is 19.8 Å². The number of amides is 1. The number of carbonyl (C=O) groups excluding carboxylic acids is 3. The highest BCUT2D eigenvalue weighted by Crippen LogP contribution is 2.40. The van der Waals surface area contributed by atoms with Gasteiger partial charge in [-0.1, -0.05) is 43.2 Å². The first kappa shape index (κ1) is 30.3. The van der Waals surface area contributed by atoms with E-state index in [0.29, 0.717) is 32.1 Å². The lowest BCUT2D eigenvalue weighted by atomic mass is 9.84. The fraction of sp³-hybridized carbons (Fsp3) is 0.679. The molecular weight excluding hydrogens is 506 g/mol. The molecular formula is C28H41N3O8. The van der Waals surface area contributed by atoms with Crippen molar-refractivity contribution in [1.82, 2.24) is 10.2 Å². The average molecular weight is 548 g/mol. The summed E-state index contributed by atoms with van der Waals surface area (Å²) in [6, 6.07) is 7.73. The number of esters is 2. The van der Waals surface area contributed by atoms with Gasteiger partial charge in [-0.05, 0) is 70.3 Å². The van der Waals surface area contributed by atoms with Gasteiger partial charge < -0.3 is 19.2 Å². The van der Waals surface area contributed by atoms with Crippen molar-refractivity contribution < 1.29 is 33.8 Å². The molecule has 5 unspecified atom stereocenters. The predicted molar refractivity (Wildman–Crippen MR) is 142 cm³/mol. The molecule has 0 spiro atoms. The zero-order valence-electron chi connectivity index (χ0n) is 22.9. The monoisotopic (exact) mass is 547 g/mol. The first-order chi connectivity index (χ1) is 18.8. The van der Waals surface area contributed by atoms with Crippen LogP contribution in [0.5, 0.6) is 0 Å². The summed E-state index contributed by atoms with van der Waals surface area (Å²) in [6.07, 6.45) is 6.34. The Bertz CT molecular complexity index is 959. The van der Waals surface area contributed by atoms with Crippen LogP contribution in [0.1, 0.15) is 70.8 Å². The minimum Gasteiger partial charge on any atom is -0.465 e. The van der Waals surface area contributed by atoms with Crippen LogP contribution < -0.4 is 5.32 Å². The number of carbonyl (C=O) groups is 3. The highest BCUT2D eigenvalue weighted by molar-refractivity contribution is 5.89. The second-order valence-corrected chi connectivity index (χ2v) is 10.3. The van der Waals surface area contributed by atoms with Gasteiger partial charge in [-0.3, -0.25) is 14.9 Å². The average Bonchev–Trinajstić information content (AvgIpc) is 3.32. The number of hydrogen-bond donors (Lipinski definition) is 1. The first-order valence-electron chi connectivity index (χ1n) is 14.0. The van der Waals surface area contributed by atoms with Crippen LogP contribution in [0.4, 0.5) is 0 Å². The van der Waals surface area contributed by atoms with Gasteiger partial charge in [0.1, 0.15) is 12.1 Å². The molecule has 2 aliphatic rings. The lowest BCUT2D eigenvalue weighted by Crippen LogP contribution is -2.56. The van der Waals surface area contributed by atoms with Crippen molar-refractivity contribution in [3.05, 3.63) is 46.0 Å². The van der Waals surface area contributed by atoms with Gasteiger partial charge in [0.05, 0.1) is 25.9 Å². The summed E-state index contributed by atoms with van der Waals surface area (Å²) in [5.74, 6) is -0.840. The maximum Gasteiger partial charge on any atom is 0.328 e. The summed E-state index contributed by atoms with van der Waals surface area (Å²) >= 11 is 0. The first-order valence-corrected chi connectivity index (χ1v) is 14.0. The molecule has 3 rings (SSSR count). The summed E-state index contributed by atoms with van der Waals surface area (Å²) in [4.78, 5) is 55.9. The van der Waals surface area contributed by atoms with Gasteiger partial charge in [0.25, 0.3) is 5.09 Å². The lowest BCUT2D eigenvalue weighted by Gasteiger charge is -2.35. The topological polar surface area (TPSA) is 137 Å². The molecule has 216 valence electrons. The number of benzene rings is 1. The van der Waals surface area contributed by atoms with Crippen molar-refractivity contribution in [3.63, 3.8) is 0 Å². The number of aryl methyl sites for hydroxylation is 1. The number of likely N-dealkylation sites (tertiary alicyclic amines) is 1. The molecule has 2 fully saturated rings. The minimum atomic E-state index is -0.848. The SMILES string of the molecule is CCOC(=O)C(CCc1ccccc1)NC(C)C(=O)N1C(C(=O)OCCCCO[N+](=O)[O-])CC2CCCCC21. The van der Waals surface area contributed by atoms with Crippen LogP contribution in [0.15, 0.2) is 30.3 Å². The van der Waals surface area contributed by atoms with Crippen LogP contribution in [0.2, 0.25) is 0 Å². The van der Waals surface area contributed by atoms with E-state index in [9.17, 15) is 24.5 Å². The quantitative estimate of drug-likeness (QED) is 0.152. The van der Waals surface area contributed by atoms with E-state index in [1.807, 2.05) is 30.3 Å². The summed E-state index contributed by atoms with van der Waals surface area (Å²) in [6.45, 7) is 3.77. The Labute approximate surface area is 229 Å². The number of nitrogens with one attached hydrogen (secondary N) is 1. The molecule has 1 heterocycles. The fourth-order valence-electron chi connectivity index (χ4n) is 5.66. The number of fused-ring (bicyclic) bond motifs is 1. The molecule has 1 aliphatic heterocycles. The van der Waals surface area contributed by atoms with E-state index in [1.165, 1.54) is 0 Å². The van der Waals surface area contributed by atoms with Gasteiger partial charge in [-0.2, -0.15) is 0 Å². The van der Waals surface area contributed by atoms with Crippen molar-refractivity contribution in [2.24, 2.45) is 5.92 Å². The molecule has 0 aromatic heterocycles. The number of ether oxygens (including phenoxy) is 2. The second-order valence-electron chi connectivity index (χ2n) is 10.3. The van der Waals surface area contributed by atoms with E-state index in [0.717, 1.165) is 31.2 Å². The molecule has 0 bridgehead atoms. The molecule has 5 atom stereocenters. The normalized spacial score (nSPS) is 21.9. The molecule has 0 radical (unpaired) electrons. The number of hydrogen-bond acceptors (Lipinski definition) is 9. The van der Waals surface area contributed by atoms with Crippen molar-refractivity contribution >= 4 is 17.8 Å². The third-order valence-electron chi connectivity index (χ3n) is 7.55. The van der Waals surface area contributed by atoms with E-state index in [-0.39, 0.29) is 37.7 Å². The van der Waals surface area contributed by atoms with Gasteiger partial charge in [0, 0.05) is 6.04 Å². The molecule has 1 aromatic carbocycles. The Kier molecular flexibility index (Phi) is 12.0. The van der Waals surface area contributed by atoms with E-state index in [1.54, 1.807) is 18.7 Å². The van der Waals surface area contributed by atoms with Crippen LogP contribution in [-0.2, 0) is 35.1 Å². The van der Waals surface area contributed by atoms with Gasteiger partial charge in [0.2, 0.25) is 5.91 Å². The van der Waals surface area contributed by atoms with Crippen LogP contribution >= 0.6 is 0 Å². The maximum absolute atomic E-state index is 13.8. The van der Waals surface area contributed by atoms with Crippen molar-refractivity contribution in [3.8, 4) is 0 Å². The Morgan fingerprint density at radius 2 is 1.82 bits per heavy atom. The third-order valence-corrected chi connectivity index (χ3v) is 7.55. The smallest absolute Gasteiger partial charge is 0.328 e. The Morgan fingerprint density at radius 3 is 2.54 bits per heavy atom. The van der Waals surface area contributed by atoms with Crippen LogP contribution in [0, 0.1) is 16.0 Å². The fourth-order valence-corrected chi connectivity index (χ4v) is 5.66. The predicted octanol–water partition coefficient (Wildman–Crippen LogP) is 3.22. The van der Waals surface area contributed by atoms with Crippen molar-refractivity contribution in [1.29, 1.82) is 0 Å². The van der Waals surface area contributed by atoms with Gasteiger partial charge >= 0.3 is 11.9 Å². The second kappa shape index (κ2) is 15.4. The van der Waals surface area contributed by atoms with E-state index in [4.69, 9.17) is 9.47 Å². The van der Waals surface area contributed by atoms with Crippen molar-refractivity contribution in [2.45, 2.75) is 95.8 Å². The zero-order valence-corrected chi connectivity index (χ0v) is 22.9. The Balaban J connectivity index is 1.64. The Morgan fingerprint density at radius 1 is 1.10 bits per heavy atom. The standard InChI is InChI=1S/C28H41N3O8/c1-3-37-27(33)23(16-15-21-11-5-4-6-12-21)29-20(2)26(32)30-24-14-8-7-13-22(24)19-25(30)28(34)38-17-9-10-18-39-31(35)36/h4-6,11-12,20,22-25,29H,3,7-10,13-19H2,1-2H3. The number of unbranched alkanes of at least 4 members (excludes halogenated alkanes) is 1. The number of nitrogens with zero attached hydrogens (tertiary/aromatic N) is 2. The molecule has 1 saturated heterocycles. The molecule has 11 heteroatoms. The largest absolute Gasteiger partial charge is 0.465 e. The molecule has 1 aromatic rings. The van der Waals surface area contributed by atoms with Gasteiger partial charge in [-0.25, -0.2) is 4.79 Å². The molecule has 39 heavy (non-hydrogen) atoms. The Hall–Kier alpha value is -3.21. The number of rotatable bonds is 15. The van der Waals surface area contributed by atoms with Crippen LogP contribution in [0.25, 0.3) is 0 Å². The zero-order chi connectivity index (χ0) is 28.2. The molecule has 1 amide bonds. The van der Waals surface area contributed by atoms with E-state index >= 15 is 0 Å². The summed E-state index contributed by atoms with van der Waals surface area (Å²) in [5, 5.41) is 12.6. The van der Waals surface area contributed by atoms with Crippen LogP contribution in [0.3, 0.4) is 0 Å². The summed E-state index contributed by atoms with van der Waals surface area (Å²) in [5.41, 5.74) is 1.09.